The summed E-state index contributed by atoms with van der Waals surface area (Å²) in [5.74, 6) is -0.393. The number of hydrogen-bond donors (Lipinski definition) is 2. The summed E-state index contributed by atoms with van der Waals surface area (Å²) in [6.45, 7) is 0. The van der Waals surface area contributed by atoms with Gasteiger partial charge in [-0.3, -0.25) is 18.7 Å². The second-order valence-corrected chi connectivity index (χ2v) is 3.45. The number of pyridine rings is 1. The maximum absolute atomic E-state index is 11.7. The van der Waals surface area contributed by atoms with Crippen LogP contribution < -0.4 is 16.8 Å². The van der Waals surface area contributed by atoms with Gasteiger partial charge in [-0.2, -0.15) is 0 Å². The highest BCUT2D eigenvalue weighted by molar-refractivity contribution is 5.79. The molecule has 2 rings (SSSR count). The molecule has 2 aromatic rings. The lowest BCUT2D eigenvalue weighted by Crippen LogP contribution is -2.38. The van der Waals surface area contributed by atoms with Gasteiger partial charge in [0, 0.05) is 20.2 Å². The van der Waals surface area contributed by atoms with Crippen LogP contribution in [0.15, 0.2) is 20.4 Å². The van der Waals surface area contributed by atoms with E-state index in [1.54, 1.807) is 0 Å². The second-order valence-electron chi connectivity index (χ2n) is 3.45. The molecule has 2 heterocycles. The average molecular weight is 223 g/mol. The van der Waals surface area contributed by atoms with Crippen LogP contribution in [0.5, 0.6) is 5.75 Å². The van der Waals surface area contributed by atoms with E-state index in [-0.39, 0.29) is 11.0 Å². The highest BCUT2D eigenvalue weighted by atomic mass is 16.3. The lowest BCUT2D eigenvalue weighted by molar-refractivity contribution is 0.476. The number of aryl methyl sites for hydroxylation is 1. The fourth-order valence-corrected chi connectivity index (χ4v) is 1.61. The molecule has 0 atom stereocenters. The summed E-state index contributed by atoms with van der Waals surface area (Å²) in [6, 6.07) is 0.918. The third kappa shape index (κ3) is 1.18. The van der Waals surface area contributed by atoms with Crippen LogP contribution in [0, 0.1) is 0 Å². The van der Waals surface area contributed by atoms with Crippen molar-refractivity contribution in [3.05, 3.63) is 37.3 Å². The summed E-state index contributed by atoms with van der Waals surface area (Å²) < 4.78 is 1.96. The van der Waals surface area contributed by atoms with Crippen molar-refractivity contribution in [2.45, 2.75) is 0 Å². The Morgan fingerprint density at radius 3 is 2.44 bits per heavy atom. The van der Waals surface area contributed by atoms with Gasteiger partial charge in [0.1, 0.15) is 16.8 Å². The Balaban J connectivity index is 3.28. The molecule has 0 saturated heterocycles. The highest BCUT2D eigenvalue weighted by Crippen LogP contribution is 2.15. The van der Waals surface area contributed by atoms with Gasteiger partial charge in [-0.1, -0.05) is 0 Å². The van der Waals surface area contributed by atoms with E-state index in [9.17, 15) is 19.5 Å². The number of aromatic nitrogens is 3. The molecule has 0 fully saturated rings. The van der Waals surface area contributed by atoms with E-state index in [1.807, 2.05) is 0 Å². The first-order valence-electron chi connectivity index (χ1n) is 4.45. The molecule has 0 saturated carbocycles. The van der Waals surface area contributed by atoms with Crippen LogP contribution in [-0.2, 0) is 14.1 Å². The first-order valence-corrected chi connectivity index (χ1v) is 4.45. The van der Waals surface area contributed by atoms with Gasteiger partial charge in [0.25, 0.3) is 11.1 Å². The molecule has 7 nitrogen and oxygen atoms in total. The zero-order valence-electron chi connectivity index (χ0n) is 8.64. The Hall–Kier alpha value is -2.31. The van der Waals surface area contributed by atoms with Gasteiger partial charge in [-0.25, -0.2) is 4.79 Å². The molecule has 0 aliphatic carbocycles. The molecule has 0 amide bonds. The zero-order chi connectivity index (χ0) is 12.0. The fraction of sp³-hybridized carbons (Fsp3) is 0.222. The van der Waals surface area contributed by atoms with Gasteiger partial charge in [-0.05, 0) is 0 Å². The number of fused-ring (bicyclic) bond motifs is 1. The minimum Gasteiger partial charge on any atom is -0.505 e. The third-order valence-electron chi connectivity index (χ3n) is 2.42. The van der Waals surface area contributed by atoms with E-state index in [4.69, 9.17) is 0 Å². The molecule has 84 valence electrons. The summed E-state index contributed by atoms with van der Waals surface area (Å²) in [7, 11) is 2.70. The molecular formula is C9H9N3O4. The topological polar surface area (TPSA) is 97.1 Å². The molecule has 16 heavy (non-hydrogen) atoms. The number of rotatable bonds is 0. The molecule has 0 aliphatic rings. The fourth-order valence-electron chi connectivity index (χ4n) is 1.61. The van der Waals surface area contributed by atoms with Crippen molar-refractivity contribution in [2.75, 3.05) is 0 Å². The number of aromatic amines is 1. The Morgan fingerprint density at radius 1 is 1.19 bits per heavy atom. The number of hydrogen-bond acceptors (Lipinski definition) is 4. The van der Waals surface area contributed by atoms with Crippen molar-refractivity contribution < 1.29 is 5.11 Å². The van der Waals surface area contributed by atoms with E-state index in [1.165, 1.54) is 14.1 Å². The van der Waals surface area contributed by atoms with E-state index in [0.717, 1.165) is 15.2 Å². The van der Waals surface area contributed by atoms with Crippen LogP contribution in [-0.4, -0.2) is 19.2 Å². The van der Waals surface area contributed by atoms with Gasteiger partial charge in [0.2, 0.25) is 0 Å². The zero-order valence-corrected chi connectivity index (χ0v) is 8.64. The molecule has 0 bridgehead atoms. The Labute approximate surface area is 88.2 Å². The standard InChI is InChI=1S/C9H9N3O4/c1-11-7-4(13)3-5(14)10-6(7)8(15)12(2)9(11)16/h3H,1-2H3,(H2,10,13,14). The summed E-state index contributed by atoms with van der Waals surface area (Å²) in [6.07, 6.45) is 0. The maximum atomic E-state index is 11.7. The van der Waals surface area contributed by atoms with Crippen LogP contribution >= 0.6 is 0 Å². The third-order valence-corrected chi connectivity index (χ3v) is 2.42. The predicted octanol–water partition coefficient (Wildman–Crippen LogP) is -1.37. The van der Waals surface area contributed by atoms with E-state index in [2.05, 4.69) is 4.98 Å². The lowest BCUT2D eigenvalue weighted by Gasteiger charge is -2.07. The van der Waals surface area contributed by atoms with E-state index >= 15 is 0 Å². The Morgan fingerprint density at radius 2 is 1.81 bits per heavy atom. The van der Waals surface area contributed by atoms with Crippen molar-refractivity contribution in [2.24, 2.45) is 14.1 Å². The van der Waals surface area contributed by atoms with Gasteiger partial charge in [0.15, 0.2) is 0 Å². The molecule has 0 aliphatic heterocycles. The Bertz CT molecular complexity index is 750. The van der Waals surface area contributed by atoms with Gasteiger partial charge in [-0.15, -0.1) is 0 Å². The monoisotopic (exact) mass is 223 g/mol. The number of aromatic hydroxyl groups is 1. The summed E-state index contributed by atoms with van der Waals surface area (Å²) in [5.41, 5.74) is -1.88. The van der Waals surface area contributed by atoms with Crippen LogP contribution in [0.4, 0.5) is 0 Å². The smallest absolute Gasteiger partial charge is 0.331 e. The minimum atomic E-state index is -0.647. The van der Waals surface area contributed by atoms with Crippen LogP contribution in [0.3, 0.4) is 0 Å². The first-order chi connectivity index (χ1) is 7.43. The minimum absolute atomic E-state index is 0.0210. The van der Waals surface area contributed by atoms with Crippen molar-refractivity contribution in [3.8, 4) is 5.75 Å². The normalized spacial score (nSPS) is 10.9. The second kappa shape index (κ2) is 3.09. The molecule has 0 aromatic carbocycles. The van der Waals surface area contributed by atoms with Gasteiger partial charge < -0.3 is 10.1 Å². The van der Waals surface area contributed by atoms with Crippen LogP contribution in [0.25, 0.3) is 11.0 Å². The van der Waals surface area contributed by atoms with Gasteiger partial charge in [0.05, 0.1) is 0 Å². The molecule has 7 heteroatoms. The van der Waals surface area contributed by atoms with Gasteiger partial charge >= 0.3 is 5.69 Å². The summed E-state index contributed by atoms with van der Waals surface area (Å²) >= 11 is 0. The summed E-state index contributed by atoms with van der Waals surface area (Å²) in [4.78, 5) is 36.6. The number of H-pyrrole nitrogens is 1. The predicted molar refractivity (Wildman–Crippen MR) is 56.7 cm³/mol. The maximum Gasteiger partial charge on any atom is 0.331 e. The van der Waals surface area contributed by atoms with Crippen molar-refractivity contribution in [3.63, 3.8) is 0 Å². The summed E-state index contributed by atoms with van der Waals surface area (Å²) in [5, 5.41) is 9.54. The average Bonchev–Trinajstić information content (AvgIpc) is 2.22. The molecule has 0 unspecified atom stereocenters. The van der Waals surface area contributed by atoms with E-state index < -0.39 is 22.6 Å². The van der Waals surface area contributed by atoms with Crippen molar-refractivity contribution in [1.82, 2.24) is 14.1 Å². The highest BCUT2D eigenvalue weighted by Gasteiger charge is 2.12. The first kappa shape index (κ1) is 10.2. The van der Waals surface area contributed by atoms with Crippen molar-refractivity contribution in [1.29, 1.82) is 0 Å². The lowest BCUT2D eigenvalue weighted by atomic mass is 10.3. The van der Waals surface area contributed by atoms with Crippen molar-refractivity contribution >= 4 is 11.0 Å². The molecule has 0 radical (unpaired) electrons. The molecule has 2 N–H and O–H groups in total. The van der Waals surface area contributed by atoms with Crippen LogP contribution in [0.2, 0.25) is 0 Å². The SMILES string of the molecule is Cn1c(=O)c2[nH]c(=O)cc(O)c2n(C)c1=O. The van der Waals surface area contributed by atoms with E-state index in [0.29, 0.717) is 0 Å². The number of nitrogens with one attached hydrogen (secondary N) is 1. The Kier molecular flexibility index (Phi) is 1.97. The largest absolute Gasteiger partial charge is 0.505 e. The molecule has 2 aromatic heterocycles. The van der Waals surface area contributed by atoms with Crippen LogP contribution in [0.1, 0.15) is 0 Å². The quantitative estimate of drug-likeness (QED) is 0.575. The molecular weight excluding hydrogens is 214 g/mol. The molecule has 0 spiro atoms. The number of nitrogens with zero attached hydrogens (tertiary/aromatic N) is 2.